The molecule has 0 N–H and O–H groups in total. The molecular formula is C17H24N2O4. The predicted molar refractivity (Wildman–Crippen MR) is 82.2 cm³/mol. The first-order valence-corrected chi connectivity index (χ1v) is 8.59. The topological polar surface area (TPSA) is 55.2 Å². The molecule has 3 aliphatic rings. The number of carbonyl (C=O) groups excluding carboxylic acids is 1. The van der Waals surface area contributed by atoms with Crippen molar-refractivity contribution in [2.75, 3.05) is 32.8 Å². The summed E-state index contributed by atoms with van der Waals surface area (Å²) < 4.78 is 11.2. The van der Waals surface area contributed by atoms with E-state index in [-0.39, 0.29) is 11.8 Å². The first-order chi connectivity index (χ1) is 11.3. The largest absolute Gasteiger partial charge is 0.472 e. The van der Waals surface area contributed by atoms with E-state index in [9.17, 15) is 4.79 Å². The van der Waals surface area contributed by atoms with Crippen LogP contribution in [-0.2, 0) is 20.9 Å². The van der Waals surface area contributed by atoms with Crippen molar-refractivity contribution in [3.8, 4) is 0 Å². The van der Waals surface area contributed by atoms with Crippen LogP contribution in [-0.4, -0.2) is 54.8 Å². The maximum atomic E-state index is 12.5. The molecule has 1 aromatic heterocycles. The van der Waals surface area contributed by atoms with E-state index in [4.69, 9.17) is 14.0 Å². The van der Waals surface area contributed by atoms with Crippen molar-refractivity contribution in [1.29, 1.82) is 0 Å². The summed E-state index contributed by atoms with van der Waals surface area (Å²) in [7, 11) is 0. The lowest BCUT2D eigenvalue weighted by Crippen LogP contribution is -2.50. The average Bonchev–Trinajstić information content (AvgIpc) is 3.27. The highest BCUT2D eigenvalue weighted by atomic mass is 16.7. The van der Waals surface area contributed by atoms with Gasteiger partial charge in [-0.1, -0.05) is 0 Å². The molecule has 3 atom stereocenters. The summed E-state index contributed by atoms with van der Waals surface area (Å²) >= 11 is 0. The predicted octanol–water partition coefficient (Wildman–Crippen LogP) is 1.67. The van der Waals surface area contributed by atoms with Gasteiger partial charge in [-0.2, -0.15) is 0 Å². The van der Waals surface area contributed by atoms with Gasteiger partial charge in [-0.05, 0) is 31.2 Å². The minimum absolute atomic E-state index is 0.0526. The molecule has 0 spiro atoms. The van der Waals surface area contributed by atoms with E-state index >= 15 is 0 Å². The van der Waals surface area contributed by atoms with E-state index in [1.54, 1.807) is 17.6 Å². The van der Waals surface area contributed by atoms with Crippen LogP contribution in [0.2, 0.25) is 0 Å². The molecule has 0 bridgehead atoms. The Morgan fingerprint density at radius 1 is 1.35 bits per heavy atom. The van der Waals surface area contributed by atoms with Crippen LogP contribution < -0.4 is 0 Å². The van der Waals surface area contributed by atoms with Crippen LogP contribution in [0.5, 0.6) is 0 Å². The number of furan rings is 1. The molecule has 1 amide bonds. The first-order valence-electron chi connectivity index (χ1n) is 8.59. The smallest absolute Gasteiger partial charge is 0.251 e. The fourth-order valence-electron chi connectivity index (χ4n) is 3.99. The third kappa shape index (κ3) is 3.29. The molecule has 0 aliphatic carbocycles. The SMILES string of the molecule is O=C([C@H]1CO[C@H]2CCN(Cc3ccoc3)C[C@H]2C1)N1CCCO1. The number of hydrogen-bond donors (Lipinski definition) is 0. The molecule has 126 valence electrons. The van der Waals surface area contributed by atoms with Gasteiger partial charge in [0.05, 0.1) is 44.3 Å². The van der Waals surface area contributed by atoms with Gasteiger partial charge in [0, 0.05) is 25.2 Å². The number of carbonyl (C=O) groups is 1. The van der Waals surface area contributed by atoms with Crippen LogP contribution in [0.3, 0.4) is 0 Å². The number of hydroxylamine groups is 2. The molecule has 0 aromatic carbocycles. The van der Waals surface area contributed by atoms with Gasteiger partial charge in [0.1, 0.15) is 0 Å². The maximum Gasteiger partial charge on any atom is 0.251 e. The lowest BCUT2D eigenvalue weighted by atomic mass is 9.83. The summed E-state index contributed by atoms with van der Waals surface area (Å²) in [5, 5.41) is 1.54. The number of piperidine rings is 1. The Labute approximate surface area is 136 Å². The first kappa shape index (κ1) is 15.2. The summed E-state index contributed by atoms with van der Waals surface area (Å²) in [6.07, 6.45) is 6.72. The van der Waals surface area contributed by atoms with Crippen LogP contribution >= 0.6 is 0 Å². The van der Waals surface area contributed by atoms with Crippen molar-refractivity contribution in [2.24, 2.45) is 11.8 Å². The summed E-state index contributed by atoms with van der Waals surface area (Å²) in [6, 6.07) is 2.01. The zero-order chi connectivity index (χ0) is 15.6. The van der Waals surface area contributed by atoms with Crippen molar-refractivity contribution in [3.63, 3.8) is 0 Å². The second kappa shape index (κ2) is 6.63. The Bertz CT molecular complexity index is 527. The molecule has 23 heavy (non-hydrogen) atoms. The monoisotopic (exact) mass is 320 g/mol. The second-order valence-corrected chi connectivity index (χ2v) is 6.85. The third-order valence-corrected chi connectivity index (χ3v) is 5.18. The number of rotatable bonds is 3. The molecule has 0 unspecified atom stereocenters. The highest BCUT2D eigenvalue weighted by Crippen LogP contribution is 2.33. The van der Waals surface area contributed by atoms with Crippen LogP contribution in [0, 0.1) is 11.8 Å². The summed E-state index contributed by atoms with van der Waals surface area (Å²) in [4.78, 5) is 20.3. The molecule has 6 nitrogen and oxygen atoms in total. The summed E-state index contributed by atoms with van der Waals surface area (Å²) in [5.74, 6) is 0.483. The number of ether oxygens (including phenoxy) is 1. The molecule has 4 heterocycles. The van der Waals surface area contributed by atoms with E-state index in [0.717, 1.165) is 45.4 Å². The van der Waals surface area contributed by atoms with Crippen molar-refractivity contribution in [2.45, 2.75) is 31.9 Å². The summed E-state index contributed by atoms with van der Waals surface area (Å²) in [5.41, 5.74) is 1.21. The van der Waals surface area contributed by atoms with E-state index in [1.165, 1.54) is 5.56 Å². The summed E-state index contributed by atoms with van der Waals surface area (Å²) in [6.45, 7) is 4.86. The van der Waals surface area contributed by atoms with E-state index in [0.29, 0.717) is 25.2 Å². The van der Waals surface area contributed by atoms with E-state index in [2.05, 4.69) is 4.90 Å². The van der Waals surface area contributed by atoms with E-state index in [1.807, 2.05) is 6.07 Å². The fourth-order valence-corrected chi connectivity index (χ4v) is 3.99. The van der Waals surface area contributed by atoms with Gasteiger partial charge in [0.25, 0.3) is 5.91 Å². The zero-order valence-electron chi connectivity index (χ0n) is 13.4. The third-order valence-electron chi connectivity index (χ3n) is 5.18. The number of amides is 1. The molecule has 4 rings (SSSR count). The van der Waals surface area contributed by atoms with Gasteiger partial charge in [0.2, 0.25) is 0 Å². The van der Waals surface area contributed by atoms with Gasteiger partial charge < -0.3 is 9.15 Å². The molecule has 3 saturated heterocycles. The van der Waals surface area contributed by atoms with Crippen molar-refractivity contribution in [3.05, 3.63) is 24.2 Å². The lowest BCUT2D eigenvalue weighted by molar-refractivity contribution is -0.183. The number of hydrogen-bond acceptors (Lipinski definition) is 5. The fraction of sp³-hybridized carbons (Fsp3) is 0.706. The molecule has 0 saturated carbocycles. The Morgan fingerprint density at radius 3 is 3.09 bits per heavy atom. The Morgan fingerprint density at radius 2 is 2.30 bits per heavy atom. The molecular weight excluding hydrogens is 296 g/mol. The lowest BCUT2D eigenvalue weighted by Gasteiger charge is -2.43. The van der Waals surface area contributed by atoms with Gasteiger partial charge in [-0.25, -0.2) is 5.06 Å². The van der Waals surface area contributed by atoms with Crippen molar-refractivity contribution >= 4 is 5.91 Å². The second-order valence-electron chi connectivity index (χ2n) is 6.85. The van der Waals surface area contributed by atoms with Gasteiger partial charge in [-0.15, -0.1) is 0 Å². The van der Waals surface area contributed by atoms with Crippen molar-refractivity contribution in [1.82, 2.24) is 9.96 Å². The van der Waals surface area contributed by atoms with Crippen LogP contribution in [0.25, 0.3) is 0 Å². The minimum Gasteiger partial charge on any atom is -0.472 e. The number of fused-ring (bicyclic) bond motifs is 1. The molecule has 6 heteroatoms. The average molecular weight is 320 g/mol. The maximum absolute atomic E-state index is 12.5. The van der Waals surface area contributed by atoms with Crippen molar-refractivity contribution < 1.29 is 18.8 Å². The number of nitrogens with zero attached hydrogens (tertiary/aromatic N) is 2. The van der Waals surface area contributed by atoms with Crippen LogP contribution in [0.4, 0.5) is 0 Å². The van der Waals surface area contributed by atoms with Gasteiger partial charge >= 0.3 is 0 Å². The normalized spacial score (nSPS) is 32.0. The number of likely N-dealkylation sites (tertiary alicyclic amines) is 1. The highest BCUT2D eigenvalue weighted by Gasteiger charge is 2.40. The molecule has 3 aliphatic heterocycles. The zero-order valence-corrected chi connectivity index (χ0v) is 13.4. The van der Waals surface area contributed by atoms with Gasteiger partial charge in [0.15, 0.2) is 0 Å². The highest BCUT2D eigenvalue weighted by molar-refractivity contribution is 5.78. The molecule has 0 radical (unpaired) electrons. The minimum atomic E-state index is -0.0526. The Hall–Kier alpha value is -1.37. The van der Waals surface area contributed by atoms with Crippen LogP contribution in [0.1, 0.15) is 24.8 Å². The van der Waals surface area contributed by atoms with E-state index < -0.39 is 0 Å². The quantitative estimate of drug-likeness (QED) is 0.848. The van der Waals surface area contributed by atoms with Crippen LogP contribution in [0.15, 0.2) is 23.0 Å². The molecule has 3 fully saturated rings. The Balaban J connectivity index is 1.35. The Kier molecular flexibility index (Phi) is 4.37. The molecule has 1 aromatic rings. The van der Waals surface area contributed by atoms with Gasteiger partial charge in [-0.3, -0.25) is 14.5 Å². The standard InChI is InChI=1S/C17H24N2O4/c20-17(19-4-1-6-23-19)15-8-14-10-18(5-2-16(14)22-12-15)9-13-3-7-21-11-13/h3,7,11,14-16H,1-2,4-6,8-10,12H2/t14-,15-,16+/m1/s1.